The van der Waals surface area contributed by atoms with Crippen LogP contribution in [0.2, 0.25) is 0 Å². The second-order valence-corrected chi connectivity index (χ2v) is 5.11. The maximum absolute atomic E-state index is 12.2. The summed E-state index contributed by atoms with van der Waals surface area (Å²) in [6.07, 6.45) is 3.04. The number of amides is 1. The smallest absolute Gasteiger partial charge is 0.342 e. The van der Waals surface area contributed by atoms with E-state index in [0.717, 1.165) is 5.56 Å². The van der Waals surface area contributed by atoms with Gasteiger partial charge in [0, 0.05) is 6.54 Å². The van der Waals surface area contributed by atoms with E-state index in [-0.39, 0.29) is 17.7 Å². The van der Waals surface area contributed by atoms with Crippen LogP contribution in [0.25, 0.3) is 0 Å². The van der Waals surface area contributed by atoms with E-state index in [1.807, 2.05) is 18.2 Å². The van der Waals surface area contributed by atoms with Gasteiger partial charge < -0.3 is 23.9 Å². The largest absolute Gasteiger partial charge is 0.493 e. The standard InChI is InChI=1S/C18H21NO6/c1-4-25-18(21)14-11-24-10-13(14)17(20)19-8-7-12-5-6-15(22-2)16(9-12)23-3/h5-6,9-11H,4,7-8H2,1-3H3,(H,19,20). The highest BCUT2D eigenvalue weighted by molar-refractivity contribution is 6.05. The van der Waals surface area contributed by atoms with Crippen molar-refractivity contribution in [3.8, 4) is 11.5 Å². The number of furan rings is 1. The number of methoxy groups -OCH3 is 2. The molecule has 0 fully saturated rings. The van der Waals surface area contributed by atoms with E-state index in [9.17, 15) is 9.59 Å². The number of hydrogen-bond acceptors (Lipinski definition) is 6. The van der Waals surface area contributed by atoms with Crippen molar-refractivity contribution in [2.24, 2.45) is 0 Å². The van der Waals surface area contributed by atoms with Gasteiger partial charge in [-0.25, -0.2) is 4.79 Å². The van der Waals surface area contributed by atoms with Crippen molar-refractivity contribution in [2.45, 2.75) is 13.3 Å². The minimum atomic E-state index is -0.582. The zero-order valence-corrected chi connectivity index (χ0v) is 14.5. The van der Waals surface area contributed by atoms with Crippen LogP contribution in [0.15, 0.2) is 35.1 Å². The van der Waals surface area contributed by atoms with Crippen LogP contribution in [-0.4, -0.2) is 39.2 Å². The van der Waals surface area contributed by atoms with Crippen LogP contribution >= 0.6 is 0 Å². The number of nitrogens with one attached hydrogen (secondary N) is 1. The number of carbonyl (C=O) groups is 2. The molecule has 0 aliphatic heterocycles. The molecule has 0 spiro atoms. The average molecular weight is 347 g/mol. The molecule has 1 N–H and O–H groups in total. The topological polar surface area (TPSA) is 87.0 Å². The maximum Gasteiger partial charge on any atom is 0.342 e. The first-order valence-electron chi connectivity index (χ1n) is 7.83. The second kappa shape index (κ2) is 8.77. The van der Waals surface area contributed by atoms with Gasteiger partial charge in [0.15, 0.2) is 11.5 Å². The zero-order valence-electron chi connectivity index (χ0n) is 14.5. The van der Waals surface area contributed by atoms with Crippen molar-refractivity contribution in [3.63, 3.8) is 0 Å². The summed E-state index contributed by atoms with van der Waals surface area (Å²) in [4.78, 5) is 24.0. The second-order valence-electron chi connectivity index (χ2n) is 5.11. The van der Waals surface area contributed by atoms with Gasteiger partial charge in [-0.2, -0.15) is 0 Å². The van der Waals surface area contributed by atoms with Crippen molar-refractivity contribution in [1.29, 1.82) is 0 Å². The lowest BCUT2D eigenvalue weighted by molar-refractivity contribution is 0.0522. The Morgan fingerprint density at radius 1 is 1.08 bits per heavy atom. The van der Waals surface area contributed by atoms with Gasteiger partial charge in [-0.05, 0) is 31.0 Å². The van der Waals surface area contributed by atoms with Gasteiger partial charge in [-0.3, -0.25) is 4.79 Å². The molecule has 7 nitrogen and oxygen atoms in total. The van der Waals surface area contributed by atoms with E-state index in [1.165, 1.54) is 12.5 Å². The van der Waals surface area contributed by atoms with Crippen LogP contribution in [0.5, 0.6) is 11.5 Å². The fourth-order valence-corrected chi connectivity index (χ4v) is 2.29. The molecule has 0 saturated carbocycles. The number of carbonyl (C=O) groups excluding carboxylic acids is 2. The van der Waals surface area contributed by atoms with Crippen LogP contribution in [-0.2, 0) is 11.2 Å². The Balaban J connectivity index is 1.95. The highest BCUT2D eigenvalue weighted by atomic mass is 16.5. The molecule has 25 heavy (non-hydrogen) atoms. The van der Waals surface area contributed by atoms with Crippen molar-refractivity contribution < 1.29 is 28.2 Å². The fourth-order valence-electron chi connectivity index (χ4n) is 2.29. The molecule has 1 aromatic heterocycles. The van der Waals surface area contributed by atoms with E-state index < -0.39 is 11.9 Å². The van der Waals surface area contributed by atoms with E-state index >= 15 is 0 Å². The van der Waals surface area contributed by atoms with Gasteiger partial charge >= 0.3 is 5.97 Å². The first kappa shape index (κ1) is 18.4. The van der Waals surface area contributed by atoms with Gasteiger partial charge in [-0.15, -0.1) is 0 Å². The lowest BCUT2D eigenvalue weighted by Gasteiger charge is -2.10. The van der Waals surface area contributed by atoms with Crippen molar-refractivity contribution in [2.75, 3.05) is 27.4 Å². The van der Waals surface area contributed by atoms with Gasteiger partial charge in [0.25, 0.3) is 5.91 Å². The van der Waals surface area contributed by atoms with Gasteiger partial charge in [0.05, 0.1) is 26.4 Å². The third-order valence-electron chi connectivity index (χ3n) is 3.55. The molecule has 2 rings (SSSR count). The Hall–Kier alpha value is -2.96. The van der Waals surface area contributed by atoms with Crippen LogP contribution in [0.1, 0.15) is 33.2 Å². The van der Waals surface area contributed by atoms with Crippen molar-refractivity contribution >= 4 is 11.9 Å². The summed E-state index contributed by atoms with van der Waals surface area (Å²) in [7, 11) is 3.14. The molecule has 1 aromatic carbocycles. The van der Waals surface area contributed by atoms with E-state index in [0.29, 0.717) is 24.5 Å². The minimum absolute atomic E-state index is 0.116. The number of ether oxygens (including phenoxy) is 3. The molecule has 0 aliphatic carbocycles. The molecule has 0 saturated heterocycles. The average Bonchev–Trinajstić information content (AvgIpc) is 3.11. The normalized spacial score (nSPS) is 10.2. The molecular weight excluding hydrogens is 326 g/mol. The van der Waals surface area contributed by atoms with Crippen LogP contribution in [0.4, 0.5) is 0 Å². The number of rotatable bonds is 8. The highest BCUT2D eigenvalue weighted by Crippen LogP contribution is 2.27. The summed E-state index contributed by atoms with van der Waals surface area (Å²) in [6, 6.07) is 5.56. The Morgan fingerprint density at radius 3 is 2.48 bits per heavy atom. The Kier molecular flexibility index (Phi) is 6.45. The van der Waals surface area contributed by atoms with Crippen LogP contribution < -0.4 is 14.8 Å². The minimum Gasteiger partial charge on any atom is -0.493 e. The number of esters is 1. The summed E-state index contributed by atoms with van der Waals surface area (Å²) in [5.41, 5.74) is 1.26. The maximum atomic E-state index is 12.2. The predicted octanol–water partition coefficient (Wildman–Crippen LogP) is 2.45. The van der Waals surface area contributed by atoms with Gasteiger partial charge in [-0.1, -0.05) is 6.07 Å². The quantitative estimate of drug-likeness (QED) is 0.738. The molecule has 134 valence electrons. The Morgan fingerprint density at radius 2 is 1.80 bits per heavy atom. The van der Waals surface area contributed by atoms with E-state index in [4.69, 9.17) is 18.6 Å². The molecule has 0 unspecified atom stereocenters. The third-order valence-corrected chi connectivity index (χ3v) is 3.55. The number of hydrogen-bond donors (Lipinski definition) is 1. The molecule has 0 aliphatic rings. The summed E-state index contributed by atoms with van der Waals surface area (Å²) in [5.74, 6) is 0.303. The zero-order chi connectivity index (χ0) is 18.2. The number of benzene rings is 1. The molecule has 0 radical (unpaired) electrons. The lowest BCUT2D eigenvalue weighted by atomic mass is 10.1. The molecule has 2 aromatic rings. The summed E-state index contributed by atoms with van der Waals surface area (Å²) in [6.45, 7) is 2.31. The Labute approximate surface area is 145 Å². The molecule has 1 amide bonds. The first-order chi connectivity index (χ1) is 12.1. The fraction of sp³-hybridized carbons (Fsp3) is 0.333. The monoisotopic (exact) mass is 347 g/mol. The third kappa shape index (κ3) is 4.53. The van der Waals surface area contributed by atoms with Gasteiger partial charge in [0.2, 0.25) is 0 Å². The molecular formula is C18H21NO6. The van der Waals surface area contributed by atoms with E-state index in [1.54, 1.807) is 21.1 Å². The highest BCUT2D eigenvalue weighted by Gasteiger charge is 2.20. The molecule has 0 atom stereocenters. The molecule has 1 heterocycles. The van der Waals surface area contributed by atoms with Crippen LogP contribution in [0, 0.1) is 0 Å². The Bertz CT molecular complexity index is 737. The first-order valence-corrected chi connectivity index (χ1v) is 7.83. The van der Waals surface area contributed by atoms with E-state index in [2.05, 4.69) is 5.32 Å². The summed E-state index contributed by atoms with van der Waals surface area (Å²) < 4.78 is 20.3. The molecule has 7 heteroatoms. The SMILES string of the molecule is CCOC(=O)c1cocc1C(=O)NCCc1ccc(OC)c(OC)c1. The van der Waals surface area contributed by atoms with Crippen molar-refractivity contribution in [3.05, 3.63) is 47.4 Å². The van der Waals surface area contributed by atoms with Gasteiger partial charge in [0.1, 0.15) is 18.1 Å². The van der Waals surface area contributed by atoms with Crippen LogP contribution in [0.3, 0.4) is 0 Å². The summed E-state index contributed by atoms with van der Waals surface area (Å²) in [5, 5.41) is 2.76. The molecule has 0 bridgehead atoms. The summed E-state index contributed by atoms with van der Waals surface area (Å²) >= 11 is 0. The predicted molar refractivity (Wildman–Crippen MR) is 90.2 cm³/mol. The lowest BCUT2D eigenvalue weighted by Crippen LogP contribution is -2.27. The van der Waals surface area contributed by atoms with Crippen molar-refractivity contribution in [1.82, 2.24) is 5.32 Å².